The third kappa shape index (κ3) is 3.66. The molecule has 6 heteroatoms. The summed E-state index contributed by atoms with van der Waals surface area (Å²) in [5, 5.41) is 3.87. The Hall–Kier alpha value is -2.18. The zero-order chi connectivity index (χ0) is 18.1. The van der Waals surface area contributed by atoms with Crippen molar-refractivity contribution in [2.75, 3.05) is 19.6 Å². The van der Waals surface area contributed by atoms with Crippen LogP contribution in [0.2, 0.25) is 0 Å². The zero-order valence-corrected chi connectivity index (χ0v) is 15.6. The molecular formula is C20H22N2O3S. The molecule has 0 spiro atoms. The smallest absolute Gasteiger partial charge is 0.261 e. The van der Waals surface area contributed by atoms with E-state index < -0.39 is 0 Å². The number of thiophene rings is 1. The van der Waals surface area contributed by atoms with Gasteiger partial charge in [0, 0.05) is 18.2 Å². The number of Topliss-reactive ketones (excluding diaryl/α,β-unsaturated/α-hetero) is 1. The maximum Gasteiger partial charge on any atom is 0.261 e. The van der Waals surface area contributed by atoms with Crippen LogP contribution in [0.15, 0.2) is 36.4 Å². The minimum atomic E-state index is -0.0180. The molecule has 3 fully saturated rings. The molecule has 2 bridgehead atoms. The molecule has 5 nitrogen and oxygen atoms in total. The first-order chi connectivity index (χ1) is 12.6. The third-order valence-corrected chi connectivity index (χ3v) is 6.22. The molecule has 0 saturated carbocycles. The van der Waals surface area contributed by atoms with Crippen LogP contribution in [-0.4, -0.2) is 42.3 Å². The first kappa shape index (κ1) is 17.2. The normalized spacial score (nSPS) is 24.3. The van der Waals surface area contributed by atoms with Crippen LogP contribution in [0.1, 0.15) is 39.8 Å². The van der Waals surface area contributed by atoms with Crippen molar-refractivity contribution in [1.29, 1.82) is 0 Å². The van der Waals surface area contributed by atoms with E-state index in [9.17, 15) is 9.59 Å². The molecule has 4 heterocycles. The summed E-state index contributed by atoms with van der Waals surface area (Å²) in [5.74, 6) is 1.27. The van der Waals surface area contributed by atoms with Crippen LogP contribution >= 0.6 is 11.3 Å². The Bertz CT molecular complexity index is 807. The molecule has 3 aliphatic heterocycles. The van der Waals surface area contributed by atoms with E-state index in [-0.39, 0.29) is 17.7 Å². The fraction of sp³-hybridized carbons (Fsp3) is 0.400. The molecule has 2 aromatic rings. The van der Waals surface area contributed by atoms with E-state index >= 15 is 0 Å². The van der Waals surface area contributed by atoms with Crippen LogP contribution < -0.4 is 10.1 Å². The number of nitrogens with zero attached hydrogens (tertiary/aromatic N) is 1. The maximum atomic E-state index is 12.6. The Morgan fingerprint density at radius 1 is 1.12 bits per heavy atom. The Labute approximate surface area is 157 Å². The minimum Gasteiger partial charge on any atom is -0.447 e. The lowest BCUT2D eigenvalue weighted by Crippen LogP contribution is -2.57. The van der Waals surface area contributed by atoms with E-state index in [0.29, 0.717) is 27.2 Å². The number of benzene rings is 1. The lowest BCUT2D eigenvalue weighted by atomic mass is 9.84. The summed E-state index contributed by atoms with van der Waals surface area (Å²) in [6, 6.07) is 10.9. The number of ketones is 1. The van der Waals surface area contributed by atoms with Gasteiger partial charge in [-0.1, -0.05) is 11.3 Å². The molecule has 136 valence electrons. The van der Waals surface area contributed by atoms with Crippen LogP contribution in [-0.2, 0) is 0 Å². The number of carbonyl (C=O) groups is 2. The third-order valence-electron chi connectivity index (χ3n) is 5.26. The fourth-order valence-corrected chi connectivity index (χ4v) is 4.52. The summed E-state index contributed by atoms with van der Waals surface area (Å²) in [5.41, 5.74) is 0.654. The van der Waals surface area contributed by atoms with Crippen LogP contribution in [0.3, 0.4) is 0 Å². The van der Waals surface area contributed by atoms with E-state index in [0.717, 1.165) is 19.6 Å². The summed E-state index contributed by atoms with van der Waals surface area (Å²) >= 11 is 1.34. The second-order valence-corrected chi connectivity index (χ2v) is 8.07. The highest BCUT2D eigenvalue weighted by atomic mass is 32.1. The molecule has 0 unspecified atom stereocenters. The molecule has 1 atom stereocenters. The Morgan fingerprint density at radius 2 is 1.85 bits per heavy atom. The van der Waals surface area contributed by atoms with Crippen molar-refractivity contribution >= 4 is 23.0 Å². The van der Waals surface area contributed by atoms with Crippen LogP contribution in [0.4, 0.5) is 0 Å². The van der Waals surface area contributed by atoms with Crippen molar-refractivity contribution < 1.29 is 14.3 Å². The van der Waals surface area contributed by atoms with Gasteiger partial charge >= 0.3 is 0 Å². The molecule has 0 aliphatic carbocycles. The van der Waals surface area contributed by atoms with E-state index in [1.807, 2.05) is 6.07 Å². The number of nitrogens with one attached hydrogen (secondary N) is 1. The number of carbonyl (C=O) groups excluding carboxylic acids is 2. The largest absolute Gasteiger partial charge is 0.447 e. The summed E-state index contributed by atoms with van der Waals surface area (Å²) in [6.45, 7) is 4.83. The number of amides is 1. The average Bonchev–Trinajstić information content (AvgIpc) is 3.12. The van der Waals surface area contributed by atoms with E-state index in [4.69, 9.17) is 4.74 Å². The Morgan fingerprint density at radius 3 is 2.46 bits per heavy atom. The lowest BCUT2D eigenvalue weighted by Gasteiger charge is -2.44. The van der Waals surface area contributed by atoms with E-state index in [1.54, 1.807) is 30.3 Å². The van der Waals surface area contributed by atoms with Crippen molar-refractivity contribution in [3.63, 3.8) is 0 Å². The number of hydrogen-bond acceptors (Lipinski definition) is 5. The number of piperidine rings is 3. The van der Waals surface area contributed by atoms with E-state index in [2.05, 4.69) is 10.2 Å². The Kier molecular flexibility index (Phi) is 4.78. The van der Waals surface area contributed by atoms with Gasteiger partial charge in [0.1, 0.15) is 5.75 Å². The molecule has 1 aromatic heterocycles. The van der Waals surface area contributed by atoms with Crippen molar-refractivity contribution in [3.05, 3.63) is 46.8 Å². The van der Waals surface area contributed by atoms with Crippen molar-refractivity contribution in [1.82, 2.24) is 10.2 Å². The Balaban J connectivity index is 1.38. The van der Waals surface area contributed by atoms with Gasteiger partial charge in [-0.25, -0.2) is 0 Å². The van der Waals surface area contributed by atoms with Gasteiger partial charge in [-0.15, -0.1) is 0 Å². The molecule has 1 N–H and O–H groups in total. The second-order valence-electron chi connectivity index (χ2n) is 7.02. The summed E-state index contributed by atoms with van der Waals surface area (Å²) < 4.78 is 5.80. The number of ether oxygens (including phenoxy) is 1. The first-order valence-electron chi connectivity index (χ1n) is 9.00. The van der Waals surface area contributed by atoms with Gasteiger partial charge in [0.15, 0.2) is 10.8 Å². The van der Waals surface area contributed by atoms with Gasteiger partial charge in [-0.05, 0) is 75.2 Å². The van der Waals surface area contributed by atoms with Crippen LogP contribution in [0, 0.1) is 5.92 Å². The predicted octanol–water partition coefficient (Wildman–Crippen LogP) is 3.57. The highest BCUT2D eigenvalue weighted by Gasteiger charge is 2.35. The molecule has 3 aliphatic rings. The molecule has 1 amide bonds. The molecule has 26 heavy (non-hydrogen) atoms. The second kappa shape index (κ2) is 7.21. The van der Waals surface area contributed by atoms with Gasteiger partial charge in [0.05, 0.1) is 4.88 Å². The van der Waals surface area contributed by atoms with E-state index in [1.165, 1.54) is 31.1 Å². The van der Waals surface area contributed by atoms with Crippen molar-refractivity contribution in [2.24, 2.45) is 5.92 Å². The molecule has 3 saturated heterocycles. The van der Waals surface area contributed by atoms with Gasteiger partial charge in [0.2, 0.25) is 0 Å². The standard InChI is InChI=1S/C20H22N2O3S/c1-13(23)14-2-4-16(5-3-14)25-19-7-6-18(26-19)20(24)21-17-12-22-10-8-15(17)9-11-22/h2-7,15,17H,8-12H2,1H3,(H,21,24)/t17-/m0/s1. The predicted molar refractivity (Wildman–Crippen MR) is 101 cm³/mol. The summed E-state index contributed by atoms with van der Waals surface area (Å²) in [7, 11) is 0. The summed E-state index contributed by atoms with van der Waals surface area (Å²) in [6.07, 6.45) is 2.36. The molecule has 1 aromatic carbocycles. The quantitative estimate of drug-likeness (QED) is 0.818. The maximum absolute atomic E-state index is 12.6. The number of hydrogen-bond donors (Lipinski definition) is 1. The molecule has 5 rings (SSSR count). The highest BCUT2D eigenvalue weighted by molar-refractivity contribution is 7.15. The molecule has 0 radical (unpaired) electrons. The minimum absolute atomic E-state index is 0.0180. The van der Waals surface area contributed by atoms with Crippen molar-refractivity contribution in [2.45, 2.75) is 25.8 Å². The number of rotatable bonds is 5. The average molecular weight is 370 g/mol. The fourth-order valence-electron chi connectivity index (χ4n) is 3.74. The SMILES string of the molecule is CC(=O)c1ccc(Oc2ccc(C(=O)N[C@H]3CN4CCC3CC4)s2)cc1. The molecular weight excluding hydrogens is 348 g/mol. The van der Waals surface area contributed by atoms with Gasteiger partial charge in [-0.3, -0.25) is 9.59 Å². The summed E-state index contributed by atoms with van der Waals surface area (Å²) in [4.78, 5) is 27.0. The van der Waals surface area contributed by atoms with Crippen LogP contribution in [0.25, 0.3) is 0 Å². The highest BCUT2D eigenvalue weighted by Crippen LogP contribution is 2.31. The van der Waals surface area contributed by atoms with Gasteiger partial charge in [0.25, 0.3) is 5.91 Å². The first-order valence-corrected chi connectivity index (χ1v) is 9.82. The number of fused-ring (bicyclic) bond motifs is 3. The monoisotopic (exact) mass is 370 g/mol. The zero-order valence-electron chi connectivity index (χ0n) is 14.7. The lowest BCUT2D eigenvalue weighted by molar-refractivity contribution is 0.0622. The van der Waals surface area contributed by atoms with Gasteiger partial charge < -0.3 is 15.0 Å². The topological polar surface area (TPSA) is 58.6 Å². The van der Waals surface area contributed by atoms with Crippen molar-refractivity contribution in [3.8, 4) is 10.8 Å². The van der Waals surface area contributed by atoms with Crippen LogP contribution in [0.5, 0.6) is 10.8 Å². The van der Waals surface area contributed by atoms with Gasteiger partial charge in [-0.2, -0.15) is 0 Å².